The fraction of sp³-hybridized carbons (Fsp3) is 0.211. The molecule has 110 valence electrons. The molecule has 4 rings (SSSR count). The first-order valence-corrected chi connectivity index (χ1v) is 7.61. The van der Waals surface area contributed by atoms with Crippen LogP contribution in [-0.2, 0) is 19.9 Å². The molecule has 0 bridgehead atoms. The first kappa shape index (κ1) is 13.1. The van der Waals surface area contributed by atoms with Gasteiger partial charge < -0.3 is 9.30 Å². The van der Waals surface area contributed by atoms with Crippen LogP contribution in [0.3, 0.4) is 0 Å². The van der Waals surface area contributed by atoms with Crippen LogP contribution in [0.4, 0.5) is 0 Å². The average Bonchev–Trinajstić information content (AvgIpc) is 3.04. The van der Waals surface area contributed by atoms with Gasteiger partial charge in [-0.1, -0.05) is 18.2 Å². The maximum Gasteiger partial charge on any atom is 0.192 e. The molecule has 0 amide bonds. The van der Waals surface area contributed by atoms with Crippen LogP contribution in [0.25, 0.3) is 10.9 Å². The number of hydrogen-bond acceptors (Lipinski definition) is 2. The van der Waals surface area contributed by atoms with Crippen LogP contribution in [-0.4, -0.2) is 4.57 Å². The van der Waals surface area contributed by atoms with Gasteiger partial charge in [0.25, 0.3) is 0 Å². The lowest BCUT2D eigenvalue weighted by molar-refractivity contribution is 0.483. The molecular weight excluding hydrogens is 274 g/mol. The van der Waals surface area contributed by atoms with Crippen molar-refractivity contribution in [2.75, 3.05) is 0 Å². The van der Waals surface area contributed by atoms with Crippen LogP contribution in [0.2, 0.25) is 0 Å². The van der Waals surface area contributed by atoms with Crippen LogP contribution in [0, 0.1) is 0 Å². The number of fused-ring (bicyclic) bond motifs is 2. The number of benzene rings is 2. The van der Waals surface area contributed by atoms with Crippen molar-refractivity contribution in [1.82, 2.24) is 4.57 Å². The lowest BCUT2D eigenvalue weighted by Gasteiger charge is -2.13. The van der Waals surface area contributed by atoms with E-state index in [2.05, 4.69) is 4.57 Å². The van der Waals surface area contributed by atoms with E-state index in [1.54, 1.807) is 0 Å². The van der Waals surface area contributed by atoms with Crippen molar-refractivity contribution in [3.8, 4) is 11.5 Å². The zero-order valence-electron chi connectivity index (χ0n) is 12.5. The maximum absolute atomic E-state index is 12.7. The standard InChI is InChI=1S/C19H17NO2/c1-20-17-9-5-8-15(17)19(21)16-12-14(10-11-18(16)20)22-13-6-3-2-4-7-13/h2-4,6-7,10-12H,5,8-9H2,1H3. The number of aromatic nitrogens is 1. The fourth-order valence-electron chi connectivity index (χ4n) is 3.33. The van der Waals surface area contributed by atoms with Gasteiger partial charge in [-0.2, -0.15) is 0 Å². The molecule has 0 N–H and O–H groups in total. The van der Waals surface area contributed by atoms with Gasteiger partial charge in [-0.05, 0) is 49.6 Å². The highest BCUT2D eigenvalue weighted by atomic mass is 16.5. The number of nitrogens with zero attached hydrogens (tertiary/aromatic N) is 1. The summed E-state index contributed by atoms with van der Waals surface area (Å²) in [7, 11) is 2.05. The van der Waals surface area contributed by atoms with Crippen molar-refractivity contribution >= 4 is 10.9 Å². The summed E-state index contributed by atoms with van der Waals surface area (Å²) in [5.41, 5.74) is 3.31. The fourth-order valence-corrected chi connectivity index (χ4v) is 3.33. The molecule has 0 atom stereocenters. The minimum absolute atomic E-state index is 0.166. The van der Waals surface area contributed by atoms with Gasteiger partial charge in [-0.25, -0.2) is 0 Å². The van der Waals surface area contributed by atoms with Crippen molar-refractivity contribution in [2.24, 2.45) is 7.05 Å². The quantitative estimate of drug-likeness (QED) is 0.718. The number of aryl methyl sites for hydroxylation is 1. The molecule has 0 aliphatic heterocycles. The van der Waals surface area contributed by atoms with E-state index in [9.17, 15) is 4.79 Å². The molecule has 1 aliphatic carbocycles. The van der Waals surface area contributed by atoms with E-state index >= 15 is 0 Å². The van der Waals surface area contributed by atoms with Gasteiger partial charge in [0.2, 0.25) is 0 Å². The molecule has 1 aromatic heterocycles. The van der Waals surface area contributed by atoms with E-state index in [0.29, 0.717) is 5.75 Å². The molecule has 0 fully saturated rings. The summed E-state index contributed by atoms with van der Waals surface area (Å²) < 4.78 is 8.01. The van der Waals surface area contributed by atoms with E-state index < -0.39 is 0 Å². The van der Waals surface area contributed by atoms with Gasteiger partial charge >= 0.3 is 0 Å². The smallest absolute Gasteiger partial charge is 0.192 e. The second-order valence-corrected chi connectivity index (χ2v) is 5.76. The predicted octanol–water partition coefficient (Wildman–Crippen LogP) is 3.82. The Balaban J connectivity index is 1.86. The lowest BCUT2D eigenvalue weighted by Crippen LogP contribution is -2.15. The monoisotopic (exact) mass is 291 g/mol. The summed E-state index contributed by atoms with van der Waals surface area (Å²) in [6.45, 7) is 0. The van der Waals surface area contributed by atoms with Gasteiger partial charge in [0.1, 0.15) is 11.5 Å². The Bertz CT molecular complexity index is 910. The Morgan fingerprint density at radius 1 is 1.00 bits per heavy atom. The zero-order valence-corrected chi connectivity index (χ0v) is 12.5. The molecule has 3 nitrogen and oxygen atoms in total. The van der Waals surface area contributed by atoms with Gasteiger partial charge in [0, 0.05) is 23.7 Å². The molecule has 0 saturated heterocycles. The molecule has 1 heterocycles. The number of rotatable bonds is 2. The lowest BCUT2D eigenvalue weighted by atomic mass is 10.1. The molecule has 22 heavy (non-hydrogen) atoms. The average molecular weight is 291 g/mol. The number of pyridine rings is 1. The van der Waals surface area contributed by atoms with Crippen LogP contribution in [0.5, 0.6) is 11.5 Å². The van der Waals surface area contributed by atoms with Crippen LogP contribution in [0.15, 0.2) is 53.3 Å². The van der Waals surface area contributed by atoms with Gasteiger partial charge in [-0.3, -0.25) is 4.79 Å². The largest absolute Gasteiger partial charge is 0.457 e. The molecule has 2 aromatic carbocycles. The number of ether oxygens (including phenoxy) is 1. The second kappa shape index (κ2) is 5.02. The van der Waals surface area contributed by atoms with Gasteiger partial charge in [0.15, 0.2) is 5.43 Å². The molecule has 1 aliphatic rings. The molecule has 3 heteroatoms. The Morgan fingerprint density at radius 2 is 1.82 bits per heavy atom. The third-order valence-corrected chi connectivity index (χ3v) is 4.42. The SMILES string of the molecule is Cn1c2c(c(=O)c3cc(Oc4ccccc4)ccc31)CCC2. The first-order valence-electron chi connectivity index (χ1n) is 7.61. The van der Waals surface area contributed by atoms with Gasteiger partial charge in [-0.15, -0.1) is 0 Å². The Labute approximate surface area is 128 Å². The summed E-state index contributed by atoms with van der Waals surface area (Å²) >= 11 is 0. The topological polar surface area (TPSA) is 31.2 Å². The zero-order chi connectivity index (χ0) is 15.1. The summed E-state index contributed by atoms with van der Waals surface area (Å²) in [6, 6.07) is 15.4. The second-order valence-electron chi connectivity index (χ2n) is 5.76. The van der Waals surface area contributed by atoms with Gasteiger partial charge in [0.05, 0.1) is 5.52 Å². The van der Waals surface area contributed by atoms with E-state index in [1.807, 2.05) is 55.6 Å². The highest BCUT2D eigenvalue weighted by Crippen LogP contribution is 2.27. The predicted molar refractivity (Wildman–Crippen MR) is 87.7 cm³/mol. The van der Waals surface area contributed by atoms with E-state index in [0.717, 1.165) is 41.5 Å². The van der Waals surface area contributed by atoms with Crippen molar-refractivity contribution in [1.29, 1.82) is 0 Å². The Morgan fingerprint density at radius 3 is 2.64 bits per heavy atom. The molecule has 0 unspecified atom stereocenters. The summed E-state index contributed by atoms with van der Waals surface area (Å²) in [5, 5.41) is 0.747. The van der Waals surface area contributed by atoms with Crippen LogP contribution in [0.1, 0.15) is 17.7 Å². The highest BCUT2D eigenvalue weighted by molar-refractivity contribution is 5.82. The third kappa shape index (κ3) is 2.01. The number of para-hydroxylation sites is 1. The summed E-state index contributed by atoms with van der Waals surface area (Å²) in [4.78, 5) is 12.7. The summed E-state index contributed by atoms with van der Waals surface area (Å²) in [6.07, 6.45) is 2.96. The van der Waals surface area contributed by atoms with E-state index in [1.165, 1.54) is 5.69 Å². The van der Waals surface area contributed by atoms with Crippen LogP contribution >= 0.6 is 0 Å². The highest BCUT2D eigenvalue weighted by Gasteiger charge is 2.19. The Kier molecular flexibility index (Phi) is 3.00. The minimum atomic E-state index is 0.166. The molecular formula is C19H17NO2. The van der Waals surface area contributed by atoms with E-state index in [-0.39, 0.29) is 5.43 Å². The maximum atomic E-state index is 12.7. The molecule has 3 aromatic rings. The Hall–Kier alpha value is -2.55. The third-order valence-electron chi connectivity index (χ3n) is 4.42. The molecule has 0 spiro atoms. The number of hydrogen-bond donors (Lipinski definition) is 0. The normalized spacial score (nSPS) is 13.3. The minimum Gasteiger partial charge on any atom is -0.457 e. The van der Waals surface area contributed by atoms with Crippen molar-refractivity contribution in [3.05, 3.63) is 70.0 Å². The summed E-state index contributed by atoms with van der Waals surface area (Å²) in [5.74, 6) is 1.48. The van der Waals surface area contributed by atoms with Crippen molar-refractivity contribution in [3.63, 3.8) is 0 Å². The van der Waals surface area contributed by atoms with Crippen molar-refractivity contribution < 1.29 is 4.74 Å². The van der Waals surface area contributed by atoms with E-state index in [4.69, 9.17) is 4.74 Å². The van der Waals surface area contributed by atoms with Crippen LogP contribution < -0.4 is 10.2 Å². The molecule has 0 radical (unpaired) electrons. The first-order chi connectivity index (χ1) is 10.7. The van der Waals surface area contributed by atoms with Crippen molar-refractivity contribution in [2.45, 2.75) is 19.3 Å². The molecule has 0 saturated carbocycles.